The third-order valence-corrected chi connectivity index (χ3v) is 4.97. The molecule has 1 aliphatic rings. The maximum absolute atomic E-state index is 13.8. The summed E-state index contributed by atoms with van der Waals surface area (Å²) in [5, 5.41) is 8.12. The van der Waals surface area contributed by atoms with Crippen molar-refractivity contribution in [2.45, 2.75) is 0 Å². The van der Waals surface area contributed by atoms with Crippen LogP contribution in [0.15, 0.2) is 54.6 Å². The molecule has 138 valence electrons. The standard InChI is InChI=1S/C20H18ClFN4O/c21-15-7-5-14(6-8-15)18-13-19(24-23-18)25-9-11-26(12-10-25)20(27)16-3-1-2-4-17(16)22/h1-8,13H,9-12H2,(H,23,24). The molecule has 0 aliphatic carbocycles. The number of nitrogens with one attached hydrogen (secondary N) is 1. The van der Waals surface area contributed by atoms with Gasteiger partial charge < -0.3 is 9.80 Å². The van der Waals surface area contributed by atoms with Gasteiger partial charge in [0, 0.05) is 37.3 Å². The summed E-state index contributed by atoms with van der Waals surface area (Å²) in [6.45, 7) is 2.34. The number of hydrogen-bond donors (Lipinski definition) is 1. The Kier molecular flexibility index (Phi) is 4.81. The van der Waals surface area contributed by atoms with E-state index in [1.165, 1.54) is 12.1 Å². The highest BCUT2D eigenvalue weighted by molar-refractivity contribution is 6.30. The maximum Gasteiger partial charge on any atom is 0.256 e. The first-order chi connectivity index (χ1) is 13.1. The monoisotopic (exact) mass is 384 g/mol. The number of carbonyl (C=O) groups is 1. The van der Waals surface area contributed by atoms with Crippen LogP contribution in [0.5, 0.6) is 0 Å². The molecule has 2 aromatic carbocycles. The zero-order chi connectivity index (χ0) is 18.8. The molecule has 0 spiro atoms. The van der Waals surface area contributed by atoms with Gasteiger partial charge in [0.15, 0.2) is 5.82 Å². The van der Waals surface area contributed by atoms with E-state index in [1.54, 1.807) is 17.0 Å². The van der Waals surface area contributed by atoms with Crippen LogP contribution in [0, 0.1) is 5.82 Å². The highest BCUT2D eigenvalue weighted by Crippen LogP contribution is 2.24. The molecule has 0 bridgehead atoms. The third kappa shape index (κ3) is 3.66. The molecule has 3 aromatic rings. The molecule has 1 aromatic heterocycles. The van der Waals surface area contributed by atoms with Crippen LogP contribution in [-0.2, 0) is 0 Å². The van der Waals surface area contributed by atoms with Crippen molar-refractivity contribution in [2.75, 3.05) is 31.1 Å². The summed E-state index contributed by atoms with van der Waals surface area (Å²) in [7, 11) is 0. The molecule has 27 heavy (non-hydrogen) atoms. The summed E-state index contributed by atoms with van der Waals surface area (Å²) in [6.07, 6.45) is 0. The van der Waals surface area contributed by atoms with Crippen LogP contribution < -0.4 is 4.90 Å². The van der Waals surface area contributed by atoms with Crippen molar-refractivity contribution >= 4 is 23.3 Å². The zero-order valence-electron chi connectivity index (χ0n) is 14.5. The van der Waals surface area contributed by atoms with Gasteiger partial charge in [-0.3, -0.25) is 9.89 Å². The Balaban J connectivity index is 1.42. The molecule has 1 aliphatic heterocycles. The second kappa shape index (κ2) is 7.40. The Morgan fingerprint density at radius 2 is 1.74 bits per heavy atom. The van der Waals surface area contributed by atoms with Gasteiger partial charge in [0.05, 0.1) is 11.3 Å². The van der Waals surface area contributed by atoms with E-state index in [1.807, 2.05) is 30.3 Å². The lowest BCUT2D eigenvalue weighted by Gasteiger charge is -2.34. The Morgan fingerprint density at radius 3 is 2.44 bits per heavy atom. The fourth-order valence-corrected chi connectivity index (χ4v) is 3.32. The van der Waals surface area contributed by atoms with Crippen molar-refractivity contribution in [1.29, 1.82) is 0 Å². The molecule has 7 heteroatoms. The number of halogens is 2. The van der Waals surface area contributed by atoms with Gasteiger partial charge in [-0.05, 0) is 29.8 Å². The fraction of sp³-hybridized carbons (Fsp3) is 0.200. The first-order valence-corrected chi connectivity index (χ1v) is 9.10. The predicted molar refractivity (Wildman–Crippen MR) is 104 cm³/mol. The van der Waals surface area contributed by atoms with Crippen molar-refractivity contribution < 1.29 is 9.18 Å². The lowest BCUT2D eigenvalue weighted by molar-refractivity contribution is 0.0742. The fourth-order valence-electron chi connectivity index (χ4n) is 3.19. The number of anilines is 1. The molecule has 4 rings (SSSR count). The predicted octanol–water partition coefficient (Wildman–Crippen LogP) is 3.83. The van der Waals surface area contributed by atoms with Crippen molar-refractivity contribution in [2.24, 2.45) is 0 Å². The van der Waals surface area contributed by atoms with Gasteiger partial charge in [-0.25, -0.2) is 4.39 Å². The number of H-pyrrole nitrogens is 1. The van der Waals surface area contributed by atoms with Crippen LogP contribution in [-0.4, -0.2) is 47.2 Å². The van der Waals surface area contributed by atoms with Gasteiger partial charge >= 0.3 is 0 Å². The van der Waals surface area contributed by atoms with Gasteiger partial charge in [-0.15, -0.1) is 0 Å². The van der Waals surface area contributed by atoms with Crippen molar-refractivity contribution in [3.8, 4) is 11.3 Å². The SMILES string of the molecule is O=C(c1ccccc1F)N1CCN(c2cc(-c3ccc(Cl)cc3)[nH]n2)CC1. The molecular weight excluding hydrogens is 367 g/mol. The highest BCUT2D eigenvalue weighted by atomic mass is 35.5. The molecule has 5 nitrogen and oxygen atoms in total. The Morgan fingerprint density at radius 1 is 1.04 bits per heavy atom. The quantitative estimate of drug-likeness (QED) is 0.746. The Bertz CT molecular complexity index is 949. The lowest BCUT2D eigenvalue weighted by atomic mass is 10.1. The third-order valence-electron chi connectivity index (χ3n) is 4.71. The van der Waals surface area contributed by atoms with Crippen molar-refractivity contribution in [3.63, 3.8) is 0 Å². The van der Waals surface area contributed by atoms with E-state index in [0.29, 0.717) is 31.2 Å². The number of carbonyl (C=O) groups excluding carboxylic acids is 1. The van der Waals surface area contributed by atoms with Gasteiger partial charge in [0.2, 0.25) is 0 Å². The molecule has 0 unspecified atom stereocenters. The molecule has 1 saturated heterocycles. The lowest BCUT2D eigenvalue weighted by Crippen LogP contribution is -2.49. The summed E-state index contributed by atoms with van der Waals surface area (Å²) >= 11 is 5.93. The number of piperazine rings is 1. The molecule has 0 saturated carbocycles. The first kappa shape index (κ1) is 17.5. The van der Waals surface area contributed by atoms with Crippen molar-refractivity contribution in [1.82, 2.24) is 15.1 Å². The second-order valence-corrected chi connectivity index (χ2v) is 6.84. The smallest absolute Gasteiger partial charge is 0.256 e. The zero-order valence-corrected chi connectivity index (χ0v) is 15.3. The van der Waals surface area contributed by atoms with Crippen LogP contribution in [0.4, 0.5) is 10.2 Å². The average molecular weight is 385 g/mol. The van der Waals surface area contributed by atoms with Gasteiger partial charge in [0.1, 0.15) is 5.82 Å². The second-order valence-electron chi connectivity index (χ2n) is 6.41. The van der Waals surface area contributed by atoms with Crippen molar-refractivity contribution in [3.05, 3.63) is 71.0 Å². The van der Waals surface area contributed by atoms with Crippen LogP contribution in [0.25, 0.3) is 11.3 Å². The number of rotatable bonds is 3. The van der Waals surface area contributed by atoms with E-state index in [-0.39, 0.29) is 11.5 Å². The average Bonchev–Trinajstić information content (AvgIpc) is 3.19. The maximum atomic E-state index is 13.8. The number of nitrogens with zero attached hydrogens (tertiary/aromatic N) is 3. The number of amides is 1. The molecule has 0 atom stereocenters. The summed E-state index contributed by atoms with van der Waals surface area (Å²) in [5.41, 5.74) is 2.04. The number of hydrogen-bond acceptors (Lipinski definition) is 3. The van der Waals surface area contributed by atoms with E-state index in [9.17, 15) is 9.18 Å². The van der Waals surface area contributed by atoms with Crippen LogP contribution >= 0.6 is 11.6 Å². The van der Waals surface area contributed by atoms with Crippen LogP contribution in [0.2, 0.25) is 5.02 Å². The largest absolute Gasteiger partial charge is 0.352 e. The summed E-state index contributed by atoms with van der Waals surface area (Å²) in [4.78, 5) is 16.3. The Labute approximate surface area is 161 Å². The van der Waals surface area contributed by atoms with E-state index in [4.69, 9.17) is 11.6 Å². The van der Waals surface area contributed by atoms with E-state index >= 15 is 0 Å². The summed E-state index contributed by atoms with van der Waals surface area (Å²) < 4.78 is 13.8. The van der Waals surface area contributed by atoms with Crippen LogP contribution in [0.1, 0.15) is 10.4 Å². The van der Waals surface area contributed by atoms with Crippen LogP contribution in [0.3, 0.4) is 0 Å². The minimum Gasteiger partial charge on any atom is -0.352 e. The Hall–Kier alpha value is -2.86. The van der Waals surface area contributed by atoms with Gasteiger partial charge in [-0.2, -0.15) is 5.10 Å². The highest BCUT2D eigenvalue weighted by Gasteiger charge is 2.25. The molecule has 1 amide bonds. The minimum absolute atomic E-state index is 0.121. The molecule has 1 N–H and O–H groups in total. The first-order valence-electron chi connectivity index (χ1n) is 8.72. The number of aromatic nitrogens is 2. The van der Waals surface area contributed by atoms with E-state index in [2.05, 4.69) is 15.1 Å². The topological polar surface area (TPSA) is 52.2 Å². The number of benzene rings is 2. The summed E-state index contributed by atoms with van der Waals surface area (Å²) in [6, 6.07) is 15.6. The van der Waals surface area contributed by atoms with Gasteiger partial charge in [-0.1, -0.05) is 35.9 Å². The van der Waals surface area contributed by atoms with E-state index in [0.717, 1.165) is 17.1 Å². The molecule has 0 radical (unpaired) electrons. The minimum atomic E-state index is -0.482. The summed E-state index contributed by atoms with van der Waals surface area (Å²) in [5.74, 6) is 0.0828. The van der Waals surface area contributed by atoms with Gasteiger partial charge in [0.25, 0.3) is 5.91 Å². The molecule has 2 heterocycles. The molecular formula is C20H18ClFN4O. The normalized spacial score (nSPS) is 14.4. The number of aromatic amines is 1. The van der Waals surface area contributed by atoms with E-state index < -0.39 is 5.82 Å². The molecule has 1 fully saturated rings.